The Bertz CT molecular complexity index is 1390. The molecule has 0 spiro atoms. The van der Waals surface area contributed by atoms with Gasteiger partial charge in [0.05, 0.1) is 41.0 Å². The smallest absolute Gasteiger partial charge is 0.337 e. The van der Waals surface area contributed by atoms with Gasteiger partial charge in [0, 0.05) is 16.9 Å². The molecular formula is C28H27N3O6S. The number of hydrogen-bond donors (Lipinski definition) is 3. The van der Waals surface area contributed by atoms with Crippen LogP contribution in [0.15, 0.2) is 77.0 Å². The van der Waals surface area contributed by atoms with Gasteiger partial charge in [0.1, 0.15) is 6.61 Å². The fraction of sp³-hybridized carbons (Fsp3) is 0.214. The van der Waals surface area contributed by atoms with Crippen molar-refractivity contribution in [1.82, 2.24) is 5.32 Å². The molecule has 1 heterocycles. The fourth-order valence-corrected chi connectivity index (χ4v) is 4.76. The summed E-state index contributed by atoms with van der Waals surface area (Å²) in [6, 6.07) is 13.3. The number of anilines is 1. The monoisotopic (exact) mass is 533 g/mol. The number of nitrogens with zero attached hydrogens (tertiary/aromatic N) is 1. The first-order chi connectivity index (χ1) is 18.2. The summed E-state index contributed by atoms with van der Waals surface area (Å²) >= 11 is 1.10. The van der Waals surface area contributed by atoms with Gasteiger partial charge in [-0.1, -0.05) is 42.6 Å². The number of allylic oxidation sites excluding steroid dienone is 2. The summed E-state index contributed by atoms with van der Waals surface area (Å²) in [6.45, 7) is 6.67. The first kappa shape index (κ1) is 28.1. The van der Waals surface area contributed by atoms with E-state index in [4.69, 9.17) is 9.47 Å². The Morgan fingerprint density at radius 1 is 1.26 bits per heavy atom. The van der Waals surface area contributed by atoms with E-state index in [1.165, 1.54) is 26.2 Å². The van der Waals surface area contributed by atoms with E-state index < -0.39 is 11.9 Å². The van der Waals surface area contributed by atoms with Crippen molar-refractivity contribution in [2.75, 3.05) is 24.8 Å². The number of esters is 1. The summed E-state index contributed by atoms with van der Waals surface area (Å²) in [6.07, 6.45) is 1.44. The maximum absolute atomic E-state index is 13.0. The molecule has 0 fully saturated rings. The van der Waals surface area contributed by atoms with E-state index in [0.717, 1.165) is 11.8 Å². The second-order valence-electron chi connectivity index (χ2n) is 8.24. The lowest BCUT2D eigenvalue weighted by Gasteiger charge is -2.29. The summed E-state index contributed by atoms with van der Waals surface area (Å²) in [5, 5.41) is 26.4. The number of phenols is 1. The number of rotatable bonds is 10. The van der Waals surface area contributed by atoms with Crippen molar-refractivity contribution in [2.45, 2.75) is 19.8 Å². The lowest BCUT2D eigenvalue weighted by molar-refractivity contribution is -0.138. The number of carbonyl (C=O) groups excluding carboxylic acids is 3. The number of Topliss-reactive ketones (excluding diaryl/α,β-unsaturated/α-hetero) is 1. The number of amides is 1. The maximum atomic E-state index is 13.0. The van der Waals surface area contributed by atoms with Crippen molar-refractivity contribution in [3.05, 3.63) is 88.1 Å². The summed E-state index contributed by atoms with van der Waals surface area (Å²) in [4.78, 5) is 37.3. The van der Waals surface area contributed by atoms with E-state index in [1.807, 2.05) is 0 Å². The van der Waals surface area contributed by atoms with Crippen LogP contribution in [0.5, 0.6) is 11.5 Å². The van der Waals surface area contributed by atoms with Crippen LogP contribution >= 0.6 is 11.8 Å². The Balaban J connectivity index is 1.93. The van der Waals surface area contributed by atoms with E-state index in [-0.39, 0.29) is 46.7 Å². The third kappa shape index (κ3) is 6.44. The highest BCUT2D eigenvalue weighted by Crippen LogP contribution is 2.43. The van der Waals surface area contributed by atoms with Crippen molar-refractivity contribution in [3.63, 3.8) is 0 Å². The predicted molar refractivity (Wildman–Crippen MR) is 145 cm³/mol. The average Bonchev–Trinajstić information content (AvgIpc) is 2.90. The molecule has 0 unspecified atom stereocenters. The molecule has 2 aromatic rings. The molecule has 3 N–H and O–H groups in total. The van der Waals surface area contributed by atoms with Gasteiger partial charge in [-0.05, 0) is 43.7 Å². The molecule has 1 aliphatic heterocycles. The maximum Gasteiger partial charge on any atom is 0.337 e. The SMILES string of the molecule is C=CCOC(=O)C1=C(C)NC(SCC(=O)Nc2cccc(C(C)=O)c2)=C(C#N)[C@@H]1c1ccc(O)c(OC)c1. The van der Waals surface area contributed by atoms with Gasteiger partial charge in [-0.15, -0.1) is 0 Å². The predicted octanol–water partition coefficient (Wildman–Crippen LogP) is 4.40. The lowest BCUT2D eigenvalue weighted by atomic mass is 9.82. The Morgan fingerprint density at radius 3 is 2.68 bits per heavy atom. The summed E-state index contributed by atoms with van der Waals surface area (Å²) < 4.78 is 10.5. The number of aromatic hydroxyl groups is 1. The third-order valence-corrected chi connectivity index (χ3v) is 6.65. The number of nitrogens with one attached hydrogen (secondary N) is 2. The number of carbonyl (C=O) groups is 3. The molecule has 9 nitrogen and oxygen atoms in total. The van der Waals surface area contributed by atoms with Crippen LogP contribution in [0.3, 0.4) is 0 Å². The standard InChI is InChI=1S/C28H27N3O6S/c1-5-11-37-28(35)25-16(2)30-27(21(14-29)26(25)19-9-10-22(33)23(13-19)36-4)38-15-24(34)31-20-8-6-7-18(12-20)17(3)32/h5-10,12-13,26,30,33H,1,11,15H2,2-4H3,(H,31,34)/t26-/m0/s1. The van der Waals surface area contributed by atoms with Gasteiger partial charge in [0.25, 0.3) is 0 Å². The van der Waals surface area contributed by atoms with Crippen molar-refractivity contribution >= 4 is 35.1 Å². The largest absolute Gasteiger partial charge is 0.504 e. The van der Waals surface area contributed by atoms with E-state index in [2.05, 4.69) is 23.3 Å². The highest BCUT2D eigenvalue weighted by Gasteiger charge is 2.36. The van der Waals surface area contributed by atoms with E-state index >= 15 is 0 Å². The number of thioether (sulfide) groups is 1. The van der Waals surface area contributed by atoms with E-state index in [1.54, 1.807) is 43.3 Å². The first-order valence-electron chi connectivity index (χ1n) is 11.5. The number of dihydropyridines is 1. The summed E-state index contributed by atoms with van der Waals surface area (Å²) in [5.41, 5.74) is 2.34. The lowest BCUT2D eigenvalue weighted by Crippen LogP contribution is -2.29. The Kier molecular flexibility index (Phi) is 9.35. The van der Waals surface area contributed by atoms with Crippen LogP contribution < -0.4 is 15.4 Å². The minimum absolute atomic E-state index is 0.0144. The van der Waals surface area contributed by atoms with Crippen LogP contribution in [0.25, 0.3) is 0 Å². The quantitative estimate of drug-likeness (QED) is 0.230. The van der Waals surface area contributed by atoms with Gasteiger partial charge in [-0.25, -0.2) is 4.79 Å². The molecule has 1 aliphatic rings. The third-order valence-electron chi connectivity index (χ3n) is 5.64. The minimum Gasteiger partial charge on any atom is -0.504 e. The number of ketones is 1. The molecule has 0 aromatic heterocycles. The molecule has 1 amide bonds. The zero-order valence-electron chi connectivity index (χ0n) is 21.2. The number of nitriles is 1. The zero-order valence-corrected chi connectivity index (χ0v) is 22.0. The average molecular weight is 534 g/mol. The Morgan fingerprint density at radius 2 is 2.03 bits per heavy atom. The first-order valence-corrected chi connectivity index (χ1v) is 12.5. The van der Waals surface area contributed by atoms with Crippen molar-refractivity contribution in [2.24, 2.45) is 0 Å². The number of phenolic OH excluding ortho intramolecular Hbond substituents is 1. The molecule has 0 saturated carbocycles. The van der Waals surface area contributed by atoms with Crippen LogP contribution in [0.4, 0.5) is 5.69 Å². The second-order valence-corrected chi connectivity index (χ2v) is 9.23. The second kappa shape index (κ2) is 12.7. The molecule has 0 bridgehead atoms. The molecule has 0 radical (unpaired) electrons. The fourth-order valence-electron chi connectivity index (χ4n) is 3.87. The van der Waals surface area contributed by atoms with Crippen LogP contribution in [0, 0.1) is 11.3 Å². The van der Waals surface area contributed by atoms with Gasteiger partial charge < -0.3 is 25.2 Å². The molecule has 196 valence electrons. The molecule has 2 aromatic carbocycles. The van der Waals surface area contributed by atoms with Gasteiger partial charge in [0.15, 0.2) is 17.3 Å². The number of ether oxygens (including phenoxy) is 2. The van der Waals surface area contributed by atoms with Gasteiger partial charge in [0.2, 0.25) is 5.91 Å². The number of hydrogen-bond acceptors (Lipinski definition) is 9. The molecule has 0 aliphatic carbocycles. The molecule has 1 atom stereocenters. The van der Waals surface area contributed by atoms with Gasteiger partial charge in [-0.3, -0.25) is 9.59 Å². The van der Waals surface area contributed by atoms with Gasteiger partial charge >= 0.3 is 5.97 Å². The van der Waals surface area contributed by atoms with Gasteiger partial charge in [-0.2, -0.15) is 5.26 Å². The summed E-state index contributed by atoms with van der Waals surface area (Å²) in [7, 11) is 1.40. The van der Waals surface area contributed by atoms with E-state index in [0.29, 0.717) is 27.5 Å². The topological polar surface area (TPSA) is 138 Å². The van der Waals surface area contributed by atoms with Crippen LogP contribution in [0.1, 0.15) is 35.7 Å². The number of methoxy groups -OCH3 is 1. The van der Waals surface area contributed by atoms with Crippen molar-refractivity contribution in [1.29, 1.82) is 5.26 Å². The highest BCUT2D eigenvalue weighted by atomic mass is 32.2. The number of benzene rings is 2. The normalized spacial score (nSPS) is 14.7. The van der Waals surface area contributed by atoms with Crippen molar-refractivity contribution < 1.29 is 29.0 Å². The zero-order chi connectivity index (χ0) is 27.8. The Labute approximate surface area is 224 Å². The van der Waals surface area contributed by atoms with Crippen LogP contribution in [-0.4, -0.2) is 42.2 Å². The Hall–Kier alpha value is -4.49. The molecule has 10 heteroatoms. The van der Waals surface area contributed by atoms with Crippen LogP contribution in [-0.2, 0) is 14.3 Å². The molecular weight excluding hydrogens is 506 g/mol. The summed E-state index contributed by atoms with van der Waals surface area (Å²) in [5.74, 6) is -1.90. The van der Waals surface area contributed by atoms with Crippen molar-refractivity contribution in [3.8, 4) is 17.6 Å². The molecule has 38 heavy (non-hydrogen) atoms. The van der Waals surface area contributed by atoms with E-state index in [9.17, 15) is 24.8 Å². The minimum atomic E-state index is -0.842. The van der Waals surface area contributed by atoms with Crippen LogP contribution in [0.2, 0.25) is 0 Å². The molecule has 0 saturated heterocycles. The molecule has 3 rings (SSSR count). The highest BCUT2D eigenvalue weighted by molar-refractivity contribution is 8.03.